The maximum absolute atomic E-state index is 11.5. The van der Waals surface area contributed by atoms with Crippen molar-refractivity contribution in [3.8, 4) is 0 Å². The predicted molar refractivity (Wildman–Crippen MR) is 91.6 cm³/mol. The molecule has 0 atom stereocenters. The van der Waals surface area contributed by atoms with Crippen LogP contribution in [0.15, 0.2) is 12.2 Å². The SMILES string of the molecule is C/C=C/C(=O)OC1CCC(CCC2CCC(CC)CC2)CC1. The fraction of sp³-hybridized carbons (Fsp3) is 0.850. The van der Waals surface area contributed by atoms with E-state index in [-0.39, 0.29) is 12.1 Å². The van der Waals surface area contributed by atoms with Crippen LogP contribution < -0.4 is 0 Å². The minimum absolute atomic E-state index is 0.167. The molecule has 0 N–H and O–H groups in total. The van der Waals surface area contributed by atoms with Gasteiger partial charge in [0.2, 0.25) is 0 Å². The van der Waals surface area contributed by atoms with Gasteiger partial charge in [0, 0.05) is 6.08 Å². The van der Waals surface area contributed by atoms with Gasteiger partial charge in [-0.2, -0.15) is 0 Å². The highest BCUT2D eigenvalue weighted by atomic mass is 16.5. The minimum atomic E-state index is -0.168. The Morgan fingerprint density at radius 1 is 0.909 bits per heavy atom. The van der Waals surface area contributed by atoms with Gasteiger partial charge in [-0.05, 0) is 50.4 Å². The van der Waals surface area contributed by atoms with E-state index in [1.807, 2.05) is 6.92 Å². The average Bonchev–Trinajstić information content (AvgIpc) is 2.55. The first-order valence-electron chi connectivity index (χ1n) is 9.54. The average molecular weight is 306 g/mol. The lowest BCUT2D eigenvalue weighted by Gasteiger charge is -2.31. The number of esters is 1. The minimum Gasteiger partial charge on any atom is -0.459 e. The van der Waals surface area contributed by atoms with Crippen LogP contribution >= 0.6 is 0 Å². The van der Waals surface area contributed by atoms with Gasteiger partial charge in [0.25, 0.3) is 0 Å². The lowest BCUT2D eigenvalue weighted by molar-refractivity contribution is -0.144. The first-order valence-corrected chi connectivity index (χ1v) is 9.54. The second kappa shape index (κ2) is 9.37. The Balaban J connectivity index is 1.59. The highest BCUT2D eigenvalue weighted by Crippen LogP contribution is 2.36. The zero-order valence-electron chi connectivity index (χ0n) is 14.6. The third kappa shape index (κ3) is 5.78. The van der Waals surface area contributed by atoms with Crippen LogP contribution in [0.3, 0.4) is 0 Å². The molecule has 2 aliphatic rings. The summed E-state index contributed by atoms with van der Waals surface area (Å²) in [6, 6.07) is 0. The lowest BCUT2D eigenvalue weighted by Crippen LogP contribution is -2.24. The molecule has 0 saturated heterocycles. The third-order valence-corrected chi connectivity index (χ3v) is 5.91. The summed E-state index contributed by atoms with van der Waals surface area (Å²) >= 11 is 0. The van der Waals surface area contributed by atoms with Crippen LogP contribution in [0, 0.1) is 17.8 Å². The molecule has 0 bridgehead atoms. The summed E-state index contributed by atoms with van der Waals surface area (Å²) in [6.07, 6.45) is 18.2. The molecular weight excluding hydrogens is 272 g/mol. The highest BCUT2D eigenvalue weighted by Gasteiger charge is 2.25. The largest absolute Gasteiger partial charge is 0.459 e. The Labute approximate surface area is 136 Å². The van der Waals surface area contributed by atoms with Crippen molar-refractivity contribution in [1.29, 1.82) is 0 Å². The van der Waals surface area contributed by atoms with Crippen molar-refractivity contribution >= 4 is 5.97 Å². The van der Waals surface area contributed by atoms with Gasteiger partial charge in [-0.15, -0.1) is 0 Å². The van der Waals surface area contributed by atoms with Crippen molar-refractivity contribution in [2.45, 2.75) is 90.6 Å². The van der Waals surface area contributed by atoms with Crippen molar-refractivity contribution in [3.05, 3.63) is 12.2 Å². The summed E-state index contributed by atoms with van der Waals surface area (Å²) in [6.45, 7) is 4.19. The molecule has 0 heterocycles. The molecule has 22 heavy (non-hydrogen) atoms. The molecule has 2 aliphatic carbocycles. The third-order valence-electron chi connectivity index (χ3n) is 5.91. The summed E-state index contributed by atoms with van der Waals surface area (Å²) in [5.74, 6) is 2.71. The maximum atomic E-state index is 11.5. The van der Waals surface area contributed by atoms with Crippen molar-refractivity contribution < 1.29 is 9.53 Å². The van der Waals surface area contributed by atoms with Gasteiger partial charge in [0.15, 0.2) is 0 Å². The number of hydrogen-bond donors (Lipinski definition) is 0. The van der Waals surface area contributed by atoms with Crippen LogP contribution in [0.4, 0.5) is 0 Å². The molecule has 0 aromatic rings. The molecule has 2 rings (SSSR count). The monoisotopic (exact) mass is 306 g/mol. The van der Waals surface area contributed by atoms with Gasteiger partial charge in [0.1, 0.15) is 6.10 Å². The molecule has 0 radical (unpaired) electrons. The molecule has 2 heteroatoms. The Bertz CT molecular complexity index is 345. The van der Waals surface area contributed by atoms with Gasteiger partial charge in [-0.3, -0.25) is 0 Å². The first-order chi connectivity index (χ1) is 10.7. The van der Waals surface area contributed by atoms with E-state index in [0.29, 0.717) is 0 Å². The van der Waals surface area contributed by atoms with Crippen LogP contribution in [-0.2, 0) is 9.53 Å². The van der Waals surface area contributed by atoms with Crippen LogP contribution in [0.2, 0.25) is 0 Å². The van der Waals surface area contributed by atoms with Crippen LogP contribution in [0.25, 0.3) is 0 Å². The van der Waals surface area contributed by atoms with Crippen LogP contribution in [0.1, 0.15) is 84.5 Å². The predicted octanol–water partition coefficient (Wildman–Crippen LogP) is 5.66. The van der Waals surface area contributed by atoms with Gasteiger partial charge in [0.05, 0.1) is 0 Å². The van der Waals surface area contributed by atoms with Crippen molar-refractivity contribution in [2.75, 3.05) is 0 Å². The topological polar surface area (TPSA) is 26.3 Å². The van der Waals surface area contributed by atoms with E-state index >= 15 is 0 Å². The summed E-state index contributed by atoms with van der Waals surface area (Å²) in [5.41, 5.74) is 0. The molecule has 0 aromatic carbocycles. The molecule has 126 valence electrons. The summed E-state index contributed by atoms with van der Waals surface area (Å²) in [4.78, 5) is 11.5. The van der Waals surface area contributed by atoms with E-state index in [9.17, 15) is 4.79 Å². The van der Waals surface area contributed by atoms with Gasteiger partial charge in [-0.25, -0.2) is 4.79 Å². The maximum Gasteiger partial charge on any atom is 0.330 e. The molecule has 2 saturated carbocycles. The van der Waals surface area contributed by atoms with E-state index in [2.05, 4.69) is 6.92 Å². The second-order valence-electron chi connectivity index (χ2n) is 7.45. The molecule has 2 fully saturated rings. The van der Waals surface area contributed by atoms with Crippen molar-refractivity contribution in [2.24, 2.45) is 17.8 Å². The molecular formula is C20H34O2. The van der Waals surface area contributed by atoms with Crippen molar-refractivity contribution in [3.63, 3.8) is 0 Å². The molecule has 0 unspecified atom stereocenters. The lowest BCUT2D eigenvalue weighted by atomic mass is 9.76. The quantitative estimate of drug-likeness (QED) is 0.467. The van der Waals surface area contributed by atoms with E-state index in [1.165, 1.54) is 63.9 Å². The number of ether oxygens (including phenoxy) is 1. The summed E-state index contributed by atoms with van der Waals surface area (Å²) in [7, 11) is 0. The number of hydrogen-bond acceptors (Lipinski definition) is 2. The fourth-order valence-electron chi connectivity index (χ4n) is 4.28. The van der Waals surface area contributed by atoms with E-state index in [0.717, 1.165) is 30.6 Å². The number of rotatable bonds is 6. The van der Waals surface area contributed by atoms with E-state index in [4.69, 9.17) is 4.74 Å². The zero-order valence-corrected chi connectivity index (χ0v) is 14.6. The molecule has 0 spiro atoms. The second-order valence-corrected chi connectivity index (χ2v) is 7.45. The Kier molecular flexibility index (Phi) is 7.48. The van der Waals surface area contributed by atoms with Gasteiger partial charge >= 0.3 is 5.97 Å². The molecule has 2 nitrogen and oxygen atoms in total. The van der Waals surface area contributed by atoms with Crippen molar-refractivity contribution in [1.82, 2.24) is 0 Å². The normalized spacial score (nSPS) is 33.0. The molecule has 0 aromatic heterocycles. The molecule has 0 amide bonds. The van der Waals surface area contributed by atoms with E-state index in [1.54, 1.807) is 6.08 Å². The fourth-order valence-corrected chi connectivity index (χ4v) is 4.28. The molecule has 0 aliphatic heterocycles. The van der Waals surface area contributed by atoms with Crippen LogP contribution in [-0.4, -0.2) is 12.1 Å². The van der Waals surface area contributed by atoms with Crippen LogP contribution in [0.5, 0.6) is 0 Å². The smallest absolute Gasteiger partial charge is 0.330 e. The highest BCUT2D eigenvalue weighted by molar-refractivity contribution is 5.81. The number of carbonyl (C=O) groups is 1. The Morgan fingerprint density at radius 3 is 1.91 bits per heavy atom. The zero-order chi connectivity index (χ0) is 15.8. The number of allylic oxidation sites excluding steroid dienone is 1. The Morgan fingerprint density at radius 2 is 1.41 bits per heavy atom. The standard InChI is InChI=1S/C20H34O2/c1-3-5-20(21)22-19-14-12-18(13-15-19)11-10-17-8-6-16(4-2)7-9-17/h3,5,16-19H,4,6-15H2,1-2H3/b5-3+. The Hall–Kier alpha value is -0.790. The summed E-state index contributed by atoms with van der Waals surface area (Å²) < 4.78 is 5.47. The first kappa shape index (κ1) is 17.6. The number of carbonyl (C=O) groups excluding carboxylic acids is 1. The summed E-state index contributed by atoms with van der Waals surface area (Å²) in [5, 5.41) is 0. The van der Waals surface area contributed by atoms with Gasteiger partial charge < -0.3 is 4.74 Å². The van der Waals surface area contributed by atoms with Gasteiger partial charge in [-0.1, -0.05) is 57.9 Å². The van der Waals surface area contributed by atoms with E-state index < -0.39 is 0 Å².